The molecule has 2 saturated heterocycles. The van der Waals surface area contributed by atoms with Crippen molar-refractivity contribution in [2.24, 2.45) is 5.92 Å². The zero-order chi connectivity index (χ0) is 11.0. The molecule has 0 aromatic rings. The summed E-state index contributed by atoms with van der Waals surface area (Å²) >= 11 is 0. The molecule has 0 radical (unpaired) electrons. The number of likely N-dealkylation sites (tertiary alicyclic amines) is 1. The normalized spacial score (nSPS) is 31.6. The quantitative estimate of drug-likeness (QED) is 0.809. The van der Waals surface area contributed by atoms with Gasteiger partial charge in [-0.1, -0.05) is 0 Å². The van der Waals surface area contributed by atoms with Gasteiger partial charge in [0.15, 0.2) is 0 Å². The number of nitrogens with zero attached hydrogens (tertiary/aromatic N) is 1. The van der Waals surface area contributed by atoms with E-state index in [1.807, 2.05) is 0 Å². The number of hydrogen-bond acceptors (Lipinski definition) is 3. The molecule has 2 N–H and O–H groups in total. The summed E-state index contributed by atoms with van der Waals surface area (Å²) in [7, 11) is 0. The predicted octanol–water partition coefficient (Wildman–Crippen LogP) is 0.792. The van der Waals surface area contributed by atoms with Crippen LogP contribution >= 0.6 is 24.8 Å². The van der Waals surface area contributed by atoms with Crippen molar-refractivity contribution in [3.8, 4) is 0 Å². The Morgan fingerprint density at radius 2 is 1.94 bits per heavy atom. The first-order chi connectivity index (χ1) is 7.83. The van der Waals surface area contributed by atoms with E-state index in [1.165, 1.54) is 19.4 Å². The van der Waals surface area contributed by atoms with Crippen LogP contribution in [0, 0.1) is 5.92 Å². The maximum absolute atomic E-state index is 11.9. The minimum absolute atomic E-state index is 0. The summed E-state index contributed by atoms with van der Waals surface area (Å²) in [5, 5.41) is 6.46. The summed E-state index contributed by atoms with van der Waals surface area (Å²) < 4.78 is 0. The Morgan fingerprint density at radius 1 is 1.17 bits per heavy atom. The summed E-state index contributed by atoms with van der Waals surface area (Å²) in [6.07, 6.45) is 4.88. The van der Waals surface area contributed by atoms with Crippen molar-refractivity contribution in [3.63, 3.8) is 0 Å². The Balaban J connectivity index is 0.000000810. The first-order valence-corrected chi connectivity index (χ1v) is 6.58. The molecule has 0 aromatic heterocycles. The van der Waals surface area contributed by atoms with Crippen molar-refractivity contribution in [2.75, 3.05) is 26.2 Å². The molecule has 2 unspecified atom stereocenters. The van der Waals surface area contributed by atoms with Gasteiger partial charge in [0, 0.05) is 31.7 Å². The lowest BCUT2D eigenvalue weighted by Gasteiger charge is -2.17. The Kier molecular flexibility index (Phi) is 6.18. The third-order valence-corrected chi connectivity index (χ3v) is 4.06. The molecule has 1 saturated carbocycles. The molecule has 3 fully saturated rings. The van der Waals surface area contributed by atoms with E-state index in [1.54, 1.807) is 0 Å². The van der Waals surface area contributed by atoms with Gasteiger partial charge in [0.2, 0.25) is 5.91 Å². The molecule has 0 spiro atoms. The zero-order valence-electron chi connectivity index (χ0n) is 10.6. The highest BCUT2D eigenvalue weighted by Gasteiger charge is 2.35. The summed E-state index contributed by atoms with van der Waals surface area (Å²) in [6.45, 7) is 4.12. The summed E-state index contributed by atoms with van der Waals surface area (Å²) in [5.41, 5.74) is 0. The Labute approximate surface area is 121 Å². The maximum atomic E-state index is 11.9. The van der Waals surface area contributed by atoms with E-state index >= 15 is 0 Å². The molecule has 2 heterocycles. The number of nitrogens with one attached hydrogen (secondary N) is 2. The van der Waals surface area contributed by atoms with E-state index in [-0.39, 0.29) is 36.6 Å². The fourth-order valence-corrected chi connectivity index (χ4v) is 2.87. The minimum atomic E-state index is 0. The van der Waals surface area contributed by atoms with Crippen molar-refractivity contribution in [3.05, 3.63) is 0 Å². The fourth-order valence-electron chi connectivity index (χ4n) is 2.87. The SMILES string of the molecule is Cl.Cl.O=C(NC1CCN(C2CC2)C1)C1CCNC1. The van der Waals surface area contributed by atoms with Crippen LogP contribution < -0.4 is 10.6 Å². The number of amides is 1. The van der Waals surface area contributed by atoms with Crippen LogP contribution in [-0.4, -0.2) is 49.1 Å². The average molecular weight is 296 g/mol. The van der Waals surface area contributed by atoms with Crippen molar-refractivity contribution in [1.29, 1.82) is 0 Å². The number of carbonyl (C=O) groups is 1. The second-order valence-corrected chi connectivity index (χ2v) is 5.41. The Hall–Kier alpha value is -0.0300. The van der Waals surface area contributed by atoms with Gasteiger partial charge in [-0.2, -0.15) is 0 Å². The van der Waals surface area contributed by atoms with Crippen LogP contribution in [0.1, 0.15) is 25.7 Å². The third kappa shape index (κ3) is 3.73. The van der Waals surface area contributed by atoms with Gasteiger partial charge >= 0.3 is 0 Å². The van der Waals surface area contributed by atoms with E-state index in [2.05, 4.69) is 15.5 Å². The molecule has 0 bridgehead atoms. The number of hydrogen-bond donors (Lipinski definition) is 2. The smallest absolute Gasteiger partial charge is 0.224 e. The first-order valence-electron chi connectivity index (χ1n) is 6.58. The van der Waals surface area contributed by atoms with E-state index in [0.717, 1.165) is 38.5 Å². The fraction of sp³-hybridized carbons (Fsp3) is 0.917. The monoisotopic (exact) mass is 295 g/mol. The van der Waals surface area contributed by atoms with Crippen molar-refractivity contribution < 1.29 is 4.79 Å². The van der Waals surface area contributed by atoms with Crippen LogP contribution in [-0.2, 0) is 4.79 Å². The van der Waals surface area contributed by atoms with Gasteiger partial charge in [0.05, 0.1) is 5.92 Å². The van der Waals surface area contributed by atoms with Gasteiger partial charge in [-0.15, -0.1) is 24.8 Å². The Morgan fingerprint density at radius 3 is 2.56 bits per heavy atom. The van der Waals surface area contributed by atoms with Crippen LogP contribution in [0.15, 0.2) is 0 Å². The molecular weight excluding hydrogens is 273 g/mol. The molecular formula is C12H23Cl2N3O. The molecule has 4 nitrogen and oxygen atoms in total. The molecule has 18 heavy (non-hydrogen) atoms. The van der Waals surface area contributed by atoms with E-state index < -0.39 is 0 Å². The van der Waals surface area contributed by atoms with Crippen LogP contribution in [0.5, 0.6) is 0 Å². The summed E-state index contributed by atoms with van der Waals surface area (Å²) in [6, 6.07) is 1.25. The van der Waals surface area contributed by atoms with Gasteiger partial charge < -0.3 is 10.6 Å². The Bertz CT molecular complexity index is 280. The summed E-state index contributed by atoms with van der Waals surface area (Å²) in [4.78, 5) is 14.5. The van der Waals surface area contributed by atoms with E-state index in [9.17, 15) is 4.79 Å². The van der Waals surface area contributed by atoms with E-state index in [4.69, 9.17) is 0 Å². The van der Waals surface area contributed by atoms with Crippen LogP contribution in [0.4, 0.5) is 0 Å². The lowest BCUT2D eigenvalue weighted by atomic mass is 10.1. The maximum Gasteiger partial charge on any atom is 0.224 e. The lowest BCUT2D eigenvalue weighted by molar-refractivity contribution is -0.125. The lowest BCUT2D eigenvalue weighted by Crippen LogP contribution is -2.41. The largest absolute Gasteiger partial charge is 0.352 e. The predicted molar refractivity (Wildman–Crippen MR) is 76.6 cm³/mol. The highest BCUT2D eigenvalue weighted by molar-refractivity contribution is 5.85. The van der Waals surface area contributed by atoms with Gasteiger partial charge in [0.25, 0.3) is 0 Å². The second-order valence-electron chi connectivity index (χ2n) is 5.41. The zero-order valence-corrected chi connectivity index (χ0v) is 12.2. The van der Waals surface area contributed by atoms with Crippen LogP contribution in [0.3, 0.4) is 0 Å². The number of rotatable bonds is 3. The van der Waals surface area contributed by atoms with Gasteiger partial charge in [-0.05, 0) is 32.2 Å². The third-order valence-electron chi connectivity index (χ3n) is 4.06. The van der Waals surface area contributed by atoms with Crippen molar-refractivity contribution in [1.82, 2.24) is 15.5 Å². The standard InChI is InChI=1S/C12H21N3O.2ClH/c16-12(9-3-5-13-7-9)14-10-4-6-15(8-10)11-1-2-11;;/h9-11,13H,1-8H2,(H,14,16);2*1H. The minimum Gasteiger partial charge on any atom is -0.352 e. The van der Waals surface area contributed by atoms with Crippen molar-refractivity contribution in [2.45, 2.75) is 37.8 Å². The summed E-state index contributed by atoms with van der Waals surface area (Å²) in [5.74, 6) is 0.489. The van der Waals surface area contributed by atoms with Crippen LogP contribution in [0.2, 0.25) is 0 Å². The van der Waals surface area contributed by atoms with Crippen molar-refractivity contribution >= 4 is 30.7 Å². The molecule has 2 aliphatic heterocycles. The number of carbonyl (C=O) groups excluding carboxylic acids is 1. The molecule has 1 amide bonds. The number of halogens is 2. The highest BCUT2D eigenvalue weighted by atomic mass is 35.5. The van der Waals surface area contributed by atoms with Gasteiger partial charge in [0.1, 0.15) is 0 Å². The highest BCUT2D eigenvalue weighted by Crippen LogP contribution is 2.29. The molecule has 106 valence electrons. The van der Waals surface area contributed by atoms with E-state index in [0.29, 0.717) is 6.04 Å². The van der Waals surface area contributed by atoms with Gasteiger partial charge in [-0.3, -0.25) is 9.69 Å². The molecule has 0 aromatic carbocycles. The average Bonchev–Trinajstić information content (AvgIpc) is 2.82. The van der Waals surface area contributed by atoms with Gasteiger partial charge in [-0.25, -0.2) is 0 Å². The molecule has 6 heteroatoms. The second kappa shape index (κ2) is 6.94. The molecule has 1 aliphatic carbocycles. The molecule has 2 atom stereocenters. The molecule has 3 rings (SSSR count). The topological polar surface area (TPSA) is 44.4 Å². The van der Waals surface area contributed by atoms with Crippen LogP contribution in [0.25, 0.3) is 0 Å². The molecule has 3 aliphatic rings. The first kappa shape index (κ1) is 16.0.